The number of rotatable bonds is 3. The van der Waals surface area contributed by atoms with Crippen LogP contribution < -0.4 is 10.9 Å². The molecule has 1 aromatic heterocycles. The predicted octanol–water partition coefficient (Wildman–Crippen LogP) is 4.54. The lowest BCUT2D eigenvalue weighted by molar-refractivity contribution is 0.176. The number of aromatic nitrogens is 2. The number of nitrogens with zero attached hydrogens (tertiary/aromatic N) is 2. The van der Waals surface area contributed by atoms with Crippen LogP contribution in [0.25, 0.3) is 21.9 Å². The molecule has 1 aliphatic rings. The van der Waals surface area contributed by atoms with Gasteiger partial charge in [0.25, 0.3) is 5.56 Å². The van der Waals surface area contributed by atoms with Gasteiger partial charge in [-0.15, -0.1) is 0 Å². The minimum Gasteiger partial charge on any atom is -0.453 e. The van der Waals surface area contributed by atoms with E-state index >= 15 is 0 Å². The van der Waals surface area contributed by atoms with Gasteiger partial charge in [-0.05, 0) is 47.0 Å². The molecule has 0 fully saturated rings. The first-order valence-corrected chi connectivity index (χ1v) is 10.5. The Morgan fingerprint density at radius 1 is 1.03 bits per heavy atom. The van der Waals surface area contributed by atoms with Gasteiger partial charge in [-0.25, -0.2) is 28.1 Å². The number of amidine groups is 1. The van der Waals surface area contributed by atoms with Gasteiger partial charge in [0.2, 0.25) is 0 Å². The second-order valence-electron chi connectivity index (χ2n) is 7.96. The molecular formula is C25H17F3N4O3. The Balaban J connectivity index is 1.51. The number of carbonyl (C=O) groups is 1. The molecule has 0 saturated heterocycles. The van der Waals surface area contributed by atoms with E-state index < -0.39 is 34.5 Å². The van der Waals surface area contributed by atoms with Crippen molar-refractivity contribution in [2.45, 2.75) is 12.8 Å². The standard InChI is InChI=1S/C25H17F3N4O3/c1-35-25(34)30-21-11-14-4-3-13(10-19(14)29-21)15-8-12(2-5-16(15)26)9-20-22-17(27)6-7-18(28)23(22)24(33)32-31-20/h2-8,10H,9,11H2,1H3,(H,32,33)(H,29,30,34). The molecule has 10 heteroatoms. The lowest BCUT2D eigenvalue weighted by Crippen LogP contribution is -2.30. The highest BCUT2D eigenvalue weighted by molar-refractivity contribution is 6.01. The van der Waals surface area contributed by atoms with Gasteiger partial charge in [-0.2, -0.15) is 5.10 Å². The van der Waals surface area contributed by atoms with E-state index in [0.717, 1.165) is 17.7 Å². The molecule has 0 saturated carbocycles. The highest BCUT2D eigenvalue weighted by Crippen LogP contribution is 2.33. The molecule has 1 aliphatic heterocycles. The Hall–Kier alpha value is -4.47. The fourth-order valence-corrected chi connectivity index (χ4v) is 4.10. The molecule has 3 aromatic carbocycles. The van der Waals surface area contributed by atoms with Crippen molar-refractivity contribution >= 4 is 28.4 Å². The Morgan fingerprint density at radius 2 is 1.77 bits per heavy atom. The van der Waals surface area contributed by atoms with Gasteiger partial charge in [0.05, 0.1) is 23.9 Å². The summed E-state index contributed by atoms with van der Waals surface area (Å²) < 4.78 is 48.1. The molecule has 5 rings (SSSR count). The number of H-pyrrole nitrogens is 1. The van der Waals surface area contributed by atoms with Crippen molar-refractivity contribution in [3.8, 4) is 11.1 Å². The van der Waals surface area contributed by atoms with Gasteiger partial charge >= 0.3 is 6.09 Å². The lowest BCUT2D eigenvalue weighted by atomic mass is 9.97. The first-order chi connectivity index (χ1) is 16.8. The smallest absolute Gasteiger partial charge is 0.412 e. The van der Waals surface area contributed by atoms with E-state index in [1.807, 2.05) is 0 Å². The molecule has 7 nitrogen and oxygen atoms in total. The zero-order valence-electron chi connectivity index (χ0n) is 18.3. The van der Waals surface area contributed by atoms with Crippen molar-refractivity contribution in [3.63, 3.8) is 0 Å². The van der Waals surface area contributed by atoms with Crippen molar-refractivity contribution in [2.24, 2.45) is 4.99 Å². The van der Waals surface area contributed by atoms with E-state index in [1.54, 1.807) is 24.3 Å². The van der Waals surface area contributed by atoms with Crippen LogP contribution in [0.2, 0.25) is 0 Å². The van der Waals surface area contributed by atoms with Gasteiger partial charge in [-0.3, -0.25) is 10.1 Å². The van der Waals surface area contributed by atoms with Crippen molar-refractivity contribution in [2.75, 3.05) is 7.11 Å². The van der Waals surface area contributed by atoms with Crippen molar-refractivity contribution in [3.05, 3.63) is 93.2 Å². The van der Waals surface area contributed by atoms with E-state index in [2.05, 4.69) is 25.2 Å². The second kappa shape index (κ2) is 8.71. The van der Waals surface area contributed by atoms with Gasteiger partial charge < -0.3 is 4.74 Å². The molecule has 0 radical (unpaired) electrons. The number of alkyl carbamates (subject to hydrolysis) is 1. The SMILES string of the molecule is COC(=O)NC1=Nc2cc(-c3cc(Cc4n[nH]c(=O)c5c(F)ccc(F)c45)ccc3F)ccc2C1. The van der Waals surface area contributed by atoms with E-state index in [0.29, 0.717) is 29.1 Å². The molecule has 4 aromatic rings. The van der Waals surface area contributed by atoms with Crippen molar-refractivity contribution in [1.82, 2.24) is 15.5 Å². The molecule has 1 amide bonds. The van der Waals surface area contributed by atoms with Crippen LogP contribution in [0.3, 0.4) is 0 Å². The highest BCUT2D eigenvalue weighted by atomic mass is 19.1. The van der Waals surface area contributed by atoms with Crippen LogP contribution in [-0.2, 0) is 17.6 Å². The normalized spacial score (nSPS) is 12.4. The quantitative estimate of drug-likeness (QED) is 0.452. The monoisotopic (exact) mass is 478 g/mol. The number of hydrogen-bond donors (Lipinski definition) is 2. The molecule has 0 unspecified atom stereocenters. The fraction of sp³-hybridized carbons (Fsp3) is 0.120. The summed E-state index contributed by atoms with van der Waals surface area (Å²) in [5, 5.41) is 8.03. The molecule has 2 N–H and O–H groups in total. The molecule has 0 spiro atoms. The number of ether oxygens (including phenoxy) is 1. The summed E-state index contributed by atoms with van der Waals surface area (Å²) in [6, 6.07) is 11.4. The Kier molecular flexibility index (Phi) is 5.56. The Labute approximate surface area is 196 Å². The summed E-state index contributed by atoms with van der Waals surface area (Å²) in [5.74, 6) is -1.69. The van der Waals surface area contributed by atoms with Crippen molar-refractivity contribution in [1.29, 1.82) is 0 Å². The average Bonchev–Trinajstić information content (AvgIpc) is 3.25. The summed E-state index contributed by atoms with van der Waals surface area (Å²) in [4.78, 5) is 27.8. The summed E-state index contributed by atoms with van der Waals surface area (Å²) >= 11 is 0. The van der Waals surface area contributed by atoms with Crippen LogP contribution in [0, 0.1) is 17.5 Å². The Morgan fingerprint density at radius 3 is 2.54 bits per heavy atom. The van der Waals surface area contributed by atoms with Crippen LogP contribution in [-0.4, -0.2) is 29.2 Å². The first kappa shape index (κ1) is 22.3. The number of nitrogens with one attached hydrogen (secondary N) is 2. The van der Waals surface area contributed by atoms with E-state index in [4.69, 9.17) is 0 Å². The minimum absolute atomic E-state index is 0.0250. The van der Waals surface area contributed by atoms with Gasteiger partial charge in [-0.1, -0.05) is 18.2 Å². The summed E-state index contributed by atoms with van der Waals surface area (Å²) in [5.41, 5.74) is 2.12. The maximum absolute atomic E-state index is 14.8. The van der Waals surface area contributed by atoms with Crippen LogP contribution in [0.4, 0.5) is 23.7 Å². The topological polar surface area (TPSA) is 96.4 Å². The van der Waals surface area contributed by atoms with Crippen LogP contribution in [0.1, 0.15) is 16.8 Å². The number of carbonyl (C=O) groups excluding carboxylic acids is 1. The highest BCUT2D eigenvalue weighted by Gasteiger charge is 2.19. The molecule has 176 valence electrons. The number of aliphatic imine (C=N–C) groups is 1. The fourth-order valence-electron chi connectivity index (χ4n) is 4.10. The lowest BCUT2D eigenvalue weighted by Gasteiger charge is -2.10. The predicted molar refractivity (Wildman–Crippen MR) is 123 cm³/mol. The molecule has 2 heterocycles. The van der Waals surface area contributed by atoms with Gasteiger partial charge in [0, 0.05) is 23.8 Å². The molecule has 0 atom stereocenters. The van der Waals surface area contributed by atoms with Crippen molar-refractivity contribution < 1.29 is 22.7 Å². The number of amides is 1. The number of hydrogen-bond acceptors (Lipinski definition) is 5. The van der Waals surface area contributed by atoms with Crippen LogP contribution >= 0.6 is 0 Å². The maximum atomic E-state index is 14.8. The third-order valence-electron chi connectivity index (χ3n) is 5.76. The molecule has 35 heavy (non-hydrogen) atoms. The summed E-state index contributed by atoms with van der Waals surface area (Å²) in [6.45, 7) is 0. The van der Waals surface area contributed by atoms with Gasteiger partial charge in [0.1, 0.15) is 23.3 Å². The maximum Gasteiger partial charge on any atom is 0.412 e. The van der Waals surface area contributed by atoms with Gasteiger partial charge in [0.15, 0.2) is 0 Å². The summed E-state index contributed by atoms with van der Waals surface area (Å²) in [7, 11) is 1.25. The van der Waals surface area contributed by atoms with E-state index in [1.165, 1.54) is 19.2 Å². The third-order valence-corrected chi connectivity index (χ3v) is 5.76. The van der Waals surface area contributed by atoms with Crippen LogP contribution in [0.5, 0.6) is 0 Å². The number of benzene rings is 3. The van der Waals surface area contributed by atoms with E-state index in [-0.39, 0.29) is 23.1 Å². The minimum atomic E-state index is -0.856. The Bertz CT molecular complexity index is 1600. The first-order valence-electron chi connectivity index (χ1n) is 10.5. The zero-order valence-corrected chi connectivity index (χ0v) is 18.3. The van der Waals surface area contributed by atoms with Crippen LogP contribution in [0.15, 0.2) is 58.3 Å². The average molecular weight is 478 g/mol. The second-order valence-corrected chi connectivity index (χ2v) is 7.96. The number of aromatic amines is 1. The number of halogens is 3. The molecular weight excluding hydrogens is 461 g/mol. The number of methoxy groups -OCH3 is 1. The molecule has 0 bridgehead atoms. The van der Waals surface area contributed by atoms with E-state index in [9.17, 15) is 22.8 Å². The largest absolute Gasteiger partial charge is 0.453 e. The zero-order chi connectivity index (χ0) is 24.7. The summed E-state index contributed by atoms with van der Waals surface area (Å²) in [6.07, 6.45) is -0.201. The number of fused-ring (bicyclic) bond motifs is 2. The molecule has 0 aliphatic carbocycles. The third kappa shape index (κ3) is 4.14.